The number of hydrogen-bond donors (Lipinski definition) is 1. The molecule has 0 aliphatic carbocycles. The molecule has 0 amide bonds. The lowest BCUT2D eigenvalue weighted by Gasteiger charge is -1.96. The number of rotatable bonds is 1. The van der Waals surface area contributed by atoms with Gasteiger partial charge in [0.25, 0.3) is 0 Å². The molecule has 1 heterocycles. The first-order valence-electron chi connectivity index (χ1n) is 3.94. The van der Waals surface area contributed by atoms with Crippen LogP contribution in [0.3, 0.4) is 0 Å². The van der Waals surface area contributed by atoms with E-state index in [0.29, 0.717) is 5.39 Å². The Morgan fingerprint density at radius 1 is 1.21 bits per heavy atom. The highest BCUT2D eigenvalue weighted by Crippen LogP contribution is 2.13. The van der Waals surface area contributed by atoms with Gasteiger partial charge in [0.2, 0.25) is 0 Å². The molecular formula is C10H6O4. The fourth-order valence-electron chi connectivity index (χ4n) is 1.19. The Kier molecular flexibility index (Phi) is 1.81. The summed E-state index contributed by atoms with van der Waals surface area (Å²) in [6.07, 6.45) is 0. The summed E-state index contributed by atoms with van der Waals surface area (Å²) in [5.74, 6) is -1.04. The second-order valence-corrected chi connectivity index (χ2v) is 2.81. The van der Waals surface area contributed by atoms with E-state index in [1.807, 2.05) is 0 Å². The third-order valence-corrected chi connectivity index (χ3v) is 1.87. The number of aromatic carboxylic acids is 1. The molecule has 0 saturated heterocycles. The van der Waals surface area contributed by atoms with Crippen LogP contribution >= 0.6 is 0 Å². The standard InChI is InChI=1S/C10H6O4/c11-9-4-3-6-1-2-7(10(12)13)5-8(6)14-9/h1-5H,(H,12,13). The Morgan fingerprint density at radius 2 is 1.93 bits per heavy atom. The van der Waals surface area contributed by atoms with Gasteiger partial charge in [-0.25, -0.2) is 9.59 Å². The molecule has 0 atom stereocenters. The van der Waals surface area contributed by atoms with Gasteiger partial charge in [0.05, 0.1) is 5.56 Å². The number of carbonyl (C=O) groups is 1. The van der Waals surface area contributed by atoms with Gasteiger partial charge in [0, 0.05) is 11.5 Å². The second-order valence-electron chi connectivity index (χ2n) is 2.81. The van der Waals surface area contributed by atoms with E-state index < -0.39 is 11.6 Å². The zero-order valence-corrected chi connectivity index (χ0v) is 7.06. The number of hydrogen-bond acceptors (Lipinski definition) is 3. The molecule has 0 fully saturated rings. The number of fused-ring (bicyclic) bond motifs is 1. The molecular weight excluding hydrogens is 184 g/mol. The molecule has 0 aliphatic rings. The van der Waals surface area contributed by atoms with Crippen molar-refractivity contribution in [1.29, 1.82) is 0 Å². The molecule has 2 aromatic rings. The van der Waals surface area contributed by atoms with E-state index in [-0.39, 0.29) is 11.1 Å². The summed E-state index contributed by atoms with van der Waals surface area (Å²) < 4.78 is 4.83. The molecule has 0 bridgehead atoms. The van der Waals surface area contributed by atoms with E-state index in [2.05, 4.69) is 0 Å². The fourth-order valence-corrected chi connectivity index (χ4v) is 1.19. The van der Waals surface area contributed by atoms with E-state index in [1.54, 1.807) is 12.1 Å². The lowest BCUT2D eigenvalue weighted by atomic mass is 10.1. The number of carboxylic acids is 1. The first-order valence-corrected chi connectivity index (χ1v) is 3.94. The van der Waals surface area contributed by atoms with Crippen LogP contribution in [-0.4, -0.2) is 11.1 Å². The van der Waals surface area contributed by atoms with Crippen LogP contribution in [0.4, 0.5) is 0 Å². The first kappa shape index (κ1) is 8.50. The highest BCUT2D eigenvalue weighted by atomic mass is 16.4. The maximum atomic E-state index is 10.9. The van der Waals surface area contributed by atoms with Gasteiger partial charge < -0.3 is 9.52 Å². The molecule has 4 heteroatoms. The minimum atomic E-state index is -1.04. The second kappa shape index (κ2) is 2.99. The number of carboxylic acid groups (broad SMARTS) is 1. The van der Waals surface area contributed by atoms with Crippen LogP contribution in [0, 0.1) is 0 Å². The Hall–Kier alpha value is -2.10. The molecule has 0 saturated carbocycles. The molecule has 1 aromatic heterocycles. The maximum absolute atomic E-state index is 10.9. The highest BCUT2D eigenvalue weighted by Gasteiger charge is 2.04. The van der Waals surface area contributed by atoms with Crippen molar-refractivity contribution in [3.05, 3.63) is 46.3 Å². The normalized spacial score (nSPS) is 10.3. The van der Waals surface area contributed by atoms with Gasteiger partial charge in [-0.3, -0.25) is 0 Å². The smallest absolute Gasteiger partial charge is 0.336 e. The van der Waals surface area contributed by atoms with E-state index >= 15 is 0 Å². The monoisotopic (exact) mass is 190 g/mol. The topological polar surface area (TPSA) is 67.5 Å². The Balaban J connectivity index is 2.75. The van der Waals surface area contributed by atoms with Crippen molar-refractivity contribution in [2.24, 2.45) is 0 Å². The van der Waals surface area contributed by atoms with Crippen LogP contribution in [0.25, 0.3) is 11.0 Å². The molecule has 2 rings (SSSR count). The van der Waals surface area contributed by atoms with Crippen LogP contribution in [0.1, 0.15) is 10.4 Å². The lowest BCUT2D eigenvalue weighted by Crippen LogP contribution is -1.98. The van der Waals surface area contributed by atoms with E-state index in [0.717, 1.165) is 0 Å². The van der Waals surface area contributed by atoms with Crippen molar-refractivity contribution in [1.82, 2.24) is 0 Å². The summed E-state index contributed by atoms with van der Waals surface area (Å²) >= 11 is 0. The minimum absolute atomic E-state index is 0.104. The summed E-state index contributed by atoms with van der Waals surface area (Å²) in [5.41, 5.74) is -0.0933. The van der Waals surface area contributed by atoms with Gasteiger partial charge in [0.15, 0.2) is 0 Å². The lowest BCUT2D eigenvalue weighted by molar-refractivity contribution is 0.0697. The summed E-state index contributed by atoms with van der Waals surface area (Å²) in [7, 11) is 0. The maximum Gasteiger partial charge on any atom is 0.336 e. The average Bonchev–Trinajstić information content (AvgIpc) is 2.16. The molecule has 0 aliphatic heterocycles. The van der Waals surface area contributed by atoms with E-state index in [1.165, 1.54) is 18.2 Å². The van der Waals surface area contributed by atoms with Gasteiger partial charge in [-0.2, -0.15) is 0 Å². The molecule has 4 nitrogen and oxygen atoms in total. The molecule has 0 unspecified atom stereocenters. The van der Waals surface area contributed by atoms with Crippen molar-refractivity contribution in [3.8, 4) is 0 Å². The molecule has 1 N–H and O–H groups in total. The molecule has 70 valence electrons. The Bertz CT molecular complexity index is 553. The van der Waals surface area contributed by atoms with Crippen molar-refractivity contribution >= 4 is 16.9 Å². The minimum Gasteiger partial charge on any atom is -0.478 e. The highest BCUT2D eigenvalue weighted by molar-refractivity contribution is 5.92. The summed E-state index contributed by atoms with van der Waals surface area (Å²) in [6, 6.07) is 7.28. The third kappa shape index (κ3) is 1.37. The van der Waals surface area contributed by atoms with E-state index in [4.69, 9.17) is 9.52 Å². The third-order valence-electron chi connectivity index (χ3n) is 1.87. The van der Waals surface area contributed by atoms with Crippen molar-refractivity contribution in [3.63, 3.8) is 0 Å². The van der Waals surface area contributed by atoms with Gasteiger partial charge >= 0.3 is 11.6 Å². The van der Waals surface area contributed by atoms with Crippen LogP contribution in [0.5, 0.6) is 0 Å². The van der Waals surface area contributed by atoms with Crippen LogP contribution in [0.2, 0.25) is 0 Å². The largest absolute Gasteiger partial charge is 0.478 e. The molecule has 0 radical (unpaired) electrons. The predicted octanol–water partition coefficient (Wildman–Crippen LogP) is 1.49. The van der Waals surface area contributed by atoms with Gasteiger partial charge in [-0.15, -0.1) is 0 Å². The van der Waals surface area contributed by atoms with Gasteiger partial charge in [-0.05, 0) is 18.2 Å². The van der Waals surface area contributed by atoms with Crippen molar-refractivity contribution in [2.75, 3.05) is 0 Å². The Labute approximate surface area is 78.4 Å². The van der Waals surface area contributed by atoms with Crippen LogP contribution in [0.15, 0.2) is 39.5 Å². The van der Waals surface area contributed by atoms with Crippen LogP contribution in [-0.2, 0) is 0 Å². The SMILES string of the molecule is O=C(O)c1ccc2ccc(=O)oc2c1. The molecule has 0 spiro atoms. The molecule has 1 aromatic carbocycles. The number of benzene rings is 1. The Morgan fingerprint density at radius 3 is 2.64 bits per heavy atom. The summed E-state index contributed by atoms with van der Waals surface area (Å²) in [6.45, 7) is 0. The zero-order valence-electron chi connectivity index (χ0n) is 7.06. The van der Waals surface area contributed by atoms with Gasteiger partial charge in [0.1, 0.15) is 5.58 Å². The molecule has 14 heavy (non-hydrogen) atoms. The predicted molar refractivity (Wildman–Crippen MR) is 49.4 cm³/mol. The zero-order chi connectivity index (χ0) is 10.1. The first-order chi connectivity index (χ1) is 6.66. The van der Waals surface area contributed by atoms with Crippen molar-refractivity contribution in [2.45, 2.75) is 0 Å². The fraction of sp³-hybridized carbons (Fsp3) is 0. The van der Waals surface area contributed by atoms with Crippen molar-refractivity contribution < 1.29 is 14.3 Å². The average molecular weight is 190 g/mol. The van der Waals surface area contributed by atoms with Crippen LogP contribution < -0.4 is 5.63 Å². The van der Waals surface area contributed by atoms with Gasteiger partial charge in [-0.1, -0.05) is 6.07 Å². The summed E-state index contributed by atoms with van der Waals surface area (Å²) in [4.78, 5) is 21.5. The summed E-state index contributed by atoms with van der Waals surface area (Å²) in [5, 5.41) is 9.40. The van der Waals surface area contributed by atoms with E-state index in [9.17, 15) is 9.59 Å². The quantitative estimate of drug-likeness (QED) is 0.691.